The minimum absolute atomic E-state index is 0.120. The Bertz CT molecular complexity index is 330. The largest absolute Gasteiger partial charge is 0.480 e. The molecule has 1 aliphatic carbocycles. The normalized spacial score (nSPS) is 19.3. The van der Waals surface area contributed by atoms with Crippen LogP contribution in [0, 0.1) is 5.41 Å². The first-order chi connectivity index (χ1) is 9.53. The first kappa shape index (κ1) is 17.3. The molecule has 0 heterocycles. The number of carbonyl (C=O) groups is 2. The van der Waals surface area contributed by atoms with Gasteiger partial charge in [-0.25, -0.2) is 4.79 Å². The summed E-state index contributed by atoms with van der Waals surface area (Å²) in [5, 5.41) is 11.8. The summed E-state index contributed by atoms with van der Waals surface area (Å²) in [6.07, 6.45) is 8.10. The van der Waals surface area contributed by atoms with Crippen LogP contribution in [0.1, 0.15) is 44.9 Å². The number of thioether (sulfide) groups is 1. The van der Waals surface area contributed by atoms with Crippen molar-refractivity contribution in [3.8, 4) is 0 Å². The van der Waals surface area contributed by atoms with E-state index in [0.29, 0.717) is 19.4 Å². The van der Waals surface area contributed by atoms with E-state index < -0.39 is 12.0 Å². The highest BCUT2D eigenvalue weighted by Crippen LogP contribution is 2.38. The first-order valence-electron chi connectivity index (χ1n) is 7.24. The second kappa shape index (κ2) is 8.52. The van der Waals surface area contributed by atoms with E-state index in [4.69, 9.17) is 10.8 Å². The van der Waals surface area contributed by atoms with Crippen molar-refractivity contribution in [1.82, 2.24) is 5.32 Å². The van der Waals surface area contributed by atoms with Gasteiger partial charge in [0.15, 0.2) is 0 Å². The predicted molar refractivity (Wildman–Crippen MR) is 81.8 cm³/mol. The zero-order valence-corrected chi connectivity index (χ0v) is 13.0. The molecule has 0 aromatic carbocycles. The van der Waals surface area contributed by atoms with Gasteiger partial charge in [-0.3, -0.25) is 4.79 Å². The van der Waals surface area contributed by atoms with Gasteiger partial charge in [-0.1, -0.05) is 19.3 Å². The lowest BCUT2D eigenvalue weighted by molar-refractivity contribution is -0.142. The quantitative estimate of drug-likeness (QED) is 0.633. The first-order valence-corrected chi connectivity index (χ1v) is 8.63. The molecule has 116 valence electrons. The molecule has 0 radical (unpaired) electrons. The lowest BCUT2D eigenvalue weighted by Gasteiger charge is -2.35. The lowest BCUT2D eigenvalue weighted by atomic mass is 9.71. The van der Waals surface area contributed by atoms with Gasteiger partial charge in [-0.2, -0.15) is 11.8 Å². The van der Waals surface area contributed by atoms with E-state index in [1.54, 1.807) is 11.8 Å². The SMILES string of the molecule is CSCC[C@@H](NC(=O)CC1(CN)CCCCC1)C(=O)O. The third-order valence-electron chi connectivity index (χ3n) is 4.13. The predicted octanol–water partition coefficient (Wildman–Crippen LogP) is 1.61. The standard InChI is InChI=1S/C14H26N2O3S/c1-20-8-5-11(13(18)19)16-12(17)9-14(10-15)6-3-2-4-7-14/h11H,2-10,15H2,1H3,(H,16,17)(H,18,19)/t11-/m1/s1. The van der Waals surface area contributed by atoms with Crippen molar-refractivity contribution in [2.24, 2.45) is 11.1 Å². The molecule has 0 aliphatic heterocycles. The van der Waals surface area contributed by atoms with Gasteiger partial charge < -0.3 is 16.2 Å². The maximum absolute atomic E-state index is 12.1. The Kier molecular flexibility index (Phi) is 7.37. The molecule has 0 unspecified atom stereocenters. The molecule has 0 bridgehead atoms. The number of rotatable bonds is 8. The van der Waals surface area contributed by atoms with Gasteiger partial charge in [-0.05, 0) is 43.2 Å². The third-order valence-corrected chi connectivity index (χ3v) is 4.77. The van der Waals surface area contributed by atoms with Gasteiger partial charge in [0, 0.05) is 6.42 Å². The Hall–Kier alpha value is -0.750. The summed E-state index contributed by atoms with van der Waals surface area (Å²) in [7, 11) is 0. The number of nitrogens with one attached hydrogen (secondary N) is 1. The van der Waals surface area contributed by atoms with E-state index >= 15 is 0 Å². The molecule has 1 atom stereocenters. The molecule has 1 aliphatic rings. The van der Waals surface area contributed by atoms with Crippen LogP contribution < -0.4 is 11.1 Å². The third kappa shape index (κ3) is 5.32. The summed E-state index contributed by atoms with van der Waals surface area (Å²) in [4.78, 5) is 23.3. The Labute approximate surface area is 125 Å². The highest BCUT2D eigenvalue weighted by Gasteiger charge is 2.33. The van der Waals surface area contributed by atoms with Crippen LogP contribution in [-0.4, -0.2) is 41.6 Å². The van der Waals surface area contributed by atoms with Gasteiger partial charge in [0.1, 0.15) is 6.04 Å². The zero-order chi connectivity index (χ0) is 15.0. The maximum Gasteiger partial charge on any atom is 0.326 e. The molecule has 6 heteroatoms. The summed E-state index contributed by atoms with van der Waals surface area (Å²) >= 11 is 1.58. The molecule has 0 spiro atoms. The van der Waals surface area contributed by atoms with E-state index in [-0.39, 0.29) is 11.3 Å². The zero-order valence-electron chi connectivity index (χ0n) is 12.2. The highest BCUT2D eigenvalue weighted by atomic mass is 32.2. The van der Waals surface area contributed by atoms with Crippen LogP contribution in [0.25, 0.3) is 0 Å². The van der Waals surface area contributed by atoms with Crippen molar-refractivity contribution in [2.75, 3.05) is 18.6 Å². The number of hydrogen-bond acceptors (Lipinski definition) is 4. The van der Waals surface area contributed by atoms with E-state index in [0.717, 1.165) is 31.4 Å². The maximum atomic E-state index is 12.1. The molecule has 1 rings (SSSR count). The van der Waals surface area contributed by atoms with Gasteiger partial charge in [0.25, 0.3) is 0 Å². The molecule has 0 aromatic heterocycles. The summed E-state index contributed by atoms with van der Waals surface area (Å²) in [5.74, 6) is -0.414. The molecule has 5 nitrogen and oxygen atoms in total. The molecule has 0 aromatic rings. The minimum Gasteiger partial charge on any atom is -0.480 e. The van der Waals surface area contributed by atoms with Crippen molar-refractivity contribution in [1.29, 1.82) is 0 Å². The fraction of sp³-hybridized carbons (Fsp3) is 0.857. The second-order valence-electron chi connectivity index (χ2n) is 5.68. The van der Waals surface area contributed by atoms with Crippen LogP contribution in [0.4, 0.5) is 0 Å². The number of nitrogens with two attached hydrogens (primary N) is 1. The summed E-state index contributed by atoms with van der Waals surface area (Å²) in [6.45, 7) is 0.503. The topological polar surface area (TPSA) is 92.4 Å². The fourth-order valence-electron chi connectivity index (χ4n) is 2.83. The molecule has 0 saturated heterocycles. The number of carboxylic acids is 1. The lowest BCUT2D eigenvalue weighted by Crippen LogP contribution is -2.45. The van der Waals surface area contributed by atoms with Crippen LogP contribution in [0.3, 0.4) is 0 Å². The monoisotopic (exact) mass is 302 g/mol. The van der Waals surface area contributed by atoms with E-state index in [1.165, 1.54) is 6.42 Å². The highest BCUT2D eigenvalue weighted by molar-refractivity contribution is 7.98. The number of carboxylic acid groups (broad SMARTS) is 1. The van der Waals surface area contributed by atoms with Crippen molar-refractivity contribution < 1.29 is 14.7 Å². The molecule has 1 fully saturated rings. The molecule has 20 heavy (non-hydrogen) atoms. The van der Waals surface area contributed by atoms with Gasteiger partial charge in [0.05, 0.1) is 0 Å². The van der Waals surface area contributed by atoms with Crippen LogP contribution in [0.5, 0.6) is 0 Å². The van der Waals surface area contributed by atoms with Crippen LogP contribution in [0.15, 0.2) is 0 Å². The van der Waals surface area contributed by atoms with Gasteiger partial charge >= 0.3 is 5.97 Å². The minimum atomic E-state index is -0.960. The number of carbonyl (C=O) groups excluding carboxylic acids is 1. The Morgan fingerprint density at radius 1 is 1.35 bits per heavy atom. The number of aliphatic carboxylic acids is 1. The average Bonchev–Trinajstić information content (AvgIpc) is 2.44. The fourth-order valence-corrected chi connectivity index (χ4v) is 3.31. The number of amides is 1. The van der Waals surface area contributed by atoms with Gasteiger partial charge in [0.2, 0.25) is 5.91 Å². The van der Waals surface area contributed by atoms with E-state index in [2.05, 4.69) is 5.32 Å². The average molecular weight is 302 g/mol. The molecular weight excluding hydrogens is 276 g/mol. The van der Waals surface area contributed by atoms with Crippen molar-refractivity contribution >= 4 is 23.6 Å². The molecule has 1 saturated carbocycles. The smallest absolute Gasteiger partial charge is 0.326 e. The number of hydrogen-bond donors (Lipinski definition) is 3. The molecular formula is C14H26N2O3S. The Balaban J connectivity index is 2.53. The Morgan fingerprint density at radius 2 is 2.00 bits per heavy atom. The van der Waals surface area contributed by atoms with Crippen LogP contribution in [0.2, 0.25) is 0 Å². The summed E-state index contributed by atoms with van der Waals surface area (Å²) in [5.41, 5.74) is 5.74. The second-order valence-corrected chi connectivity index (χ2v) is 6.67. The van der Waals surface area contributed by atoms with Crippen LogP contribution >= 0.6 is 11.8 Å². The Morgan fingerprint density at radius 3 is 2.50 bits per heavy atom. The van der Waals surface area contributed by atoms with Crippen molar-refractivity contribution in [3.05, 3.63) is 0 Å². The van der Waals surface area contributed by atoms with Gasteiger partial charge in [-0.15, -0.1) is 0 Å². The van der Waals surface area contributed by atoms with Crippen LogP contribution in [-0.2, 0) is 9.59 Å². The van der Waals surface area contributed by atoms with E-state index in [1.807, 2.05) is 6.26 Å². The summed E-state index contributed by atoms with van der Waals surface area (Å²) in [6, 6.07) is -0.784. The van der Waals surface area contributed by atoms with E-state index in [9.17, 15) is 9.59 Å². The van der Waals surface area contributed by atoms with Crippen molar-refractivity contribution in [2.45, 2.75) is 51.0 Å². The molecule has 4 N–H and O–H groups in total. The van der Waals surface area contributed by atoms with Crippen molar-refractivity contribution in [3.63, 3.8) is 0 Å². The summed E-state index contributed by atoms with van der Waals surface area (Å²) < 4.78 is 0. The molecule has 1 amide bonds.